The first kappa shape index (κ1) is 26.4. The number of amides is 2. The standard InChI is InChI=1S/C19H25F3N4O7/c1-3-11-15(30)16(32-9-14(29)23-7-4-5-12(28)19(20,21)22)17(33-11)26-8-6-13(24-10(2)27)25-18(26)31/h6,8,11,15-17,30H,3-5,7,9H2,1-2H3,(H,23,29)(H,24,25,27,31)/t11-,15?,16+,17-/m1/s1. The van der Waals surface area contributed by atoms with E-state index in [1.165, 1.54) is 19.2 Å². The first-order chi connectivity index (χ1) is 15.4. The summed E-state index contributed by atoms with van der Waals surface area (Å²) in [6.45, 7) is 2.24. The third-order valence-electron chi connectivity index (χ3n) is 4.75. The van der Waals surface area contributed by atoms with Crippen LogP contribution in [0.15, 0.2) is 17.1 Å². The van der Waals surface area contributed by atoms with Gasteiger partial charge in [-0.3, -0.25) is 19.0 Å². The van der Waals surface area contributed by atoms with Gasteiger partial charge >= 0.3 is 11.9 Å². The van der Waals surface area contributed by atoms with Crippen LogP contribution in [0.25, 0.3) is 0 Å². The second kappa shape index (κ2) is 11.3. The summed E-state index contributed by atoms with van der Waals surface area (Å²) in [6, 6.07) is 1.35. The Balaban J connectivity index is 1.97. The lowest BCUT2D eigenvalue weighted by atomic mass is 10.1. The van der Waals surface area contributed by atoms with Crippen LogP contribution in [0.1, 0.15) is 39.3 Å². The van der Waals surface area contributed by atoms with Crippen molar-refractivity contribution in [1.82, 2.24) is 14.9 Å². The Morgan fingerprint density at radius 2 is 2.03 bits per heavy atom. The molecule has 11 nitrogen and oxygen atoms in total. The zero-order valence-electron chi connectivity index (χ0n) is 17.9. The maximum Gasteiger partial charge on any atom is 0.449 e. The third-order valence-corrected chi connectivity index (χ3v) is 4.75. The lowest BCUT2D eigenvalue weighted by molar-refractivity contribution is -0.171. The number of rotatable bonds is 10. The number of hydrogen-bond acceptors (Lipinski definition) is 8. The monoisotopic (exact) mass is 478 g/mol. The molecule has 2 rings (SSSR count). The zero-order valence-corrected chi connectivity index (χ0v) is 17.9. The molecule has 1 saturated heterocycles. The van der Waals surface area contributed by atoms with Crippen LogP contribution in [0.5, 0.6) is 0 Å². The molecule has 1 unspecified atom stereocenters. The van der Waals surface area contributed by atoms with Gasteiger partial charge < -0.3 is 25.2 Å². The van der Waals surface area contributed by atoms with Crippen molar-refractivity contribution in [3.05, 3.63) is 22.7 Å². The molecule has 1 aromatic rings. The third kappa shape index (κ3) is 7.33. The van der Waals surface area contributed by atoms with Crippen LogP contribution in [0.4, 0.5) is 19.0 Å². The van der Waals surface area contributed by atoms with Crippen molar-refractivity contribution in [3.8, 4) is 0 Å². The SMILES string of the molecule is CC[C@H]1O[C@@H](n2ccc(NC(C)=O)nc2=O)[C@@H](OCC(=O)NCCCC(=O)C(F)(F)F)C1O. The van der Waals surface area contributed by atoms with Crippen LogP contribution in [-0.2, 0) is 23.9 Å². The number of ketones is 1. The van der Waals surface area contributed by atoms with Gasteiger partial charge in [0.25, 0.3) is 0 Å². The van der Waals surface area contributed by atoms with Gasteiger partial charge in [0.15, 0.2) is 6.23 Å². The molecule has 0 aliphatic carbocycles. The number of nitrogens with zero attached hydrogens (tertiary/aromatic N) is 2. The summed E-state index contributed by atoms with van der Waals surface area (Å²) in [4.78, 5) is 50.0. The summed E-state index contributed by atoms with van der Waals surface area (Å²) < 4.78 is 48.7. The fourth-order valence-corrected chi connectivity index (χ4v) is 3.16. The second-order valence-electron chi connectivity index (χ2n) is 7.30. The van der Waals surface area contributed by atoms with Crippen molar-refractivity contribution in [3.63, 3.8) is 0 Å². The number of nitrogens with one attached hydrogen (secondary N) is 2. The number of aliphatic hydroxyl groups is 1. The molecule has 33 heavy (non-hydrogen) atoms. The molecule has 0 radical (unpaired) electrons. The molecule has 4 atom stereocenters. The highest BCUT2D eigenvalue weighted by molar-refractivity contribution is 5.87. The summed E-state index contributed by atoms with van der Waals surface area (Å²) in [5.74, 6) is -2.97. The van der Waals surface area contributed by atoms with E-state index in [2.05, 4.69) is 15.6 Å². The van der Waals surface area contributed by atoms with E-state index in [0.29, 0.717) is 6.42 Å². The highest BCUT2D eigenvalue weighted by atomic mass is 19.4. The average molecular weight is 478 g/mol. The number of anilines is 1. The van der Waals surface area contributed by atoms with Crippen LogP contribution in [0.3, 0.4) is 0 Å². The number of aromatic nitrogens is 2. The van der Waals surface area contributed by atoms with Crippen LogP contribution < -0.4 is 16.3 Å². The minimum absolute atomic E-state index is 0.0233. The number of ether oxygens (including phenoxy) is 2. The molecule has 1 aromatic heterocycles. The van der Waals surface area contributed by atoms with Gasteiger partial charge in [0.2, 0.25) is 17.6 Å². The van der Waals surface area contributed by atoms with Crippen LogP contribution >= 0.6 is 0 Å². The van der Waals surface area contributed by atoms with Crippen LogP contribution in [-0.4, -0.2) is 69.9 Å². The number of carbonyl (C=O) groups is 3. The molecule has 0 bridgehead atoms. The molecule has 0 spiro atoms. The van der Waals surface area contributed by atoms with Crippen molar-refractivity contribution in [2.24, 2.45) is 0 Å². The van der Waals surface area contributed by atoms with E-state index < -0.39 is 67.0 Å². The summed E-state index contributed by atoms with van der Waals surface area (Å²) in [5.41, 5.74) is -0.789. The molecule has 1 fully saturated rings. The number of Topliss-reactive ketones (excluding diaryl/α,β-unsaturated/α-hetero) is 1. The predicted octanol–water partition coefficient (Wildman–Crippen LogP) is 0.283. The number of alkyl halides is 3. The van der Waals surface area contributed by atoms with Crippen molar-refractivity contribution >= 4 is 23.4 Å². The van der Waals surface area contributed by atoms with E-state index in [1.807, 2.05) is 0 Å². The number of aliphatic hydroxyl groups excluding tert-OH is 1. The summed E-state index contributed by atoms with van der Waals surface area (Å²) in [6.07, 6.45) is -8.33. The van der Waals surface area contributed by atoms with E-state index in [0.717, 1.165) is 4.57 Å². The molecular formula is C19H25F3N4O7. The van der Waals surface area contributed by atoms with Gasteiger partial charge in [-0.25, -0.2) is 4.79 Å². The topological polar surface area (TPSA) is 149 Å². The quantitative estimate of drug-likeness (QED) is 0.406. The molecule has 3 N–H and O–H groups in total. The van der Waals surface area contributed by atoms with Gasteiger partial charge in [-0.2, -0.15) is 18.2 Å². The second-order valence-corrected chi connectivity index (χ2v) is 7.30. The van der Waals surface area contributed by atoms with E-state index >= 15 is 0 Å². The van der Waals surface area contributed by atoms with E-state index in [1.54, 1.807) is 6.92 Å². The molecule has 0 saturated carbocycles. The Hall–Kier alpha value is -2.84. The van der Waals surface area contributed by atoms with Gasteiger partial charge in [0, 0.05) is 26.1 Å². The molecule has 1 aliphatic rings. The van der Waals surface area contributed by atoms with Crippen molar-refractivity contribution < 1.29 is 42.1 Å². The first-order valence-corrected chi connectivity index (χ1v) is 10.1. The number of carbonyl (C=O) groups excluding carboxylic acids is 3. The van der Waals surface area contributed by atoms with Gasteiger partial charge in [0.1, 0.15) is 24.6 Å². The van der Waals surface area contributed by atoms with Crippen LogP contribution in [0.2, 0.25) is 0 Å². The smallest absolute Gasteiger partial charge is 0.388 e. The number of halogens is 3. The minimum atomic E-state index is -4.91. The Morgan fingerprint density at radius 1 is 1.33 bits per heavy atom. The fourth-order valence-electron chi connectivity index (χ4n) is 3.16. The van der Waals surface area contributed by atoms with Gasteiger partial charge in [-0.1, -0.05) is 6.92 Å². The number of hydrogen-bond donors (Lipinski definition) is 3. The normalized spacial score (nSPS) is 22.7. The molecule has 0 aromatic carbocycles. The highest BCUT2D eigenvalue weighted by Crippen LogP contribution is 2.32. The van der Waals surface area contributed by atoms with E-state index in [4.69, 9.17) is 9.47 Å². The maximum atomic E-state index is 12.4. The van der Waals surface area contributed by atoms with Gasteiger partial charge in [0.05, 0.1) is 6.10 Å². The van der Waals surface area contributed by atoms with E-state index in [-0.39, 0.29) is 18.8 Å². The van der Waals surface area contributed by atoms with Gasteiger partial charge in [-0.15, -0.1) is 0 Å². The predicted molar refractivity (Wildman–Crippen MR) is 106 cm³/mol. The summed E-state index contributed by atoms with van der Waals surface area (Å²) in [5, 5.41) is 15.2. The molecule has 184 valence electrons. The maximum absolute atomic E-state index is 12.4. The van der Waals surface area contributed by atoms with Crippen LogP contribution in [0, 0.1) is 0 Å². The van der Waals surface area contributed by atoms with Gasteiger partial charge in [-0.05, 0) is 18.9 Å². The molecule has 14 heteroatoms. The van der Waals surface area contributed by atoms with Crippen molar-refractivity contribution in [2.75, 3.05) is 18.5 Å². The lowest BCUT2D eigenvalue weighted by Gasteiger charge is -2.22. The van der Waals surface area contributed by atoms with Crippen molar-refractivity contribution in [2.45, 2.75) is 63.8 Å². The molecular weight excluding hydrogens is 453 g/mol. The molecule has 2 amide bonds. The molecule has 1 aliphatic heterocycles. The Labute approximate surface area is 186 Å². The first-order valence-electron chi connectivity index (χ1n) is 10.1. The Kier molecular flexibility index (Phi) is 9.07. The zero-order chi connectivity index (χ0) is 24.8. The fraction of sp³-hybridized carbons (Fsp3) is 0.632. The lowest BCUT2D eigenvalue weighted by Crippen LogP contribution is -2.40. The minimum Gasteiger partial charge on any atom is -0.388 e. The molecule has 2 heterocycles. The Bertz CT molecular complexity index is 921. The van der Waals surface area contributed by atoms with Crippen molar-refractivity contribution in [1.29, 1.82) is 0 Å². The highest BCUT2D eigenvalue weighted by Gasteiger charge is 2.45. The average Bonchev–Trinajstić information content (AvgIpc) is 3.03. The van der Waals surface area contributed by atoms with E-state index in [9.17, 15) is 37.5 Å². The summed E-state index contributed by atoms with van der Waals surface area (Å²) in [7, 11) is 0. The Morgan fingerprint density at radius 3 is 2.61 bits per heavy atom. The summed E-state index contributed by atoms with van der Waals surface area (Å²) >= 11 is 0. The largest absolute Gasteiger partial charge is 0.449 e.